The van der Waals surface area contributed by atoms with Gasteiger partial charge < -0.3 is 19.5 Å². The van der Waals surface area contributed by atoms with Crippen LogP contribution in [0, 0.1) is 0 Å². The predicted octanol–water partition coefficient (Wildman–Crippen LogP) is 1.13. The molecule has 1 aliphatic heterocycles. The number of fused-ring (bicyclic) bond motifs is 1. The maximum atomic E-state index is 12.2. The van der Waals surface area contributed by atoms with Crippen LogP contribution in [-0.4, -0.2) is 74.9 Å². The average molecular weight is 445 g/mol. The van der Waals surface area contributed by atoms with Crippen molar-refractivity contribution in [2.24, 2.45) is 7.05 Å². The zero-order chi connectivity index (χ0) is 23.0. The summed E-state index contributed by atoms with van der Waals surface area (Å²) in [5, 5.41) is 15.4. The van der Waals surface area contributed by atoms with Gasteiger partial charge in [0.25, 0.3) is 0 Å². The minimum absolute atomic E-state index is 0.0335. The van der Waals surface area contributed by atoms with Crippen molar-refractivity contribution >= 4 is 11.9 Å². The first-order valence-electron chi connectivity index (χ1n) is 9.05. The number of alkyl halides is 3. The van der Waals surface area contributed by atoms with Gasteiger partial charge in [-0.25, -0.2) is 4.79 Å². The maximum absolute atomic E-state index is 12.2. The molecular formula is C18H22F3N5O5. The number of aliphatic carboxylic acids is 1. The molecule has 0 saturated carbocycles. The third kappa shape index (κ3) is 7.00. The van der Waals surface area contributed by atoms with Crippen molar-refractivity contribution < 1.29 is 37.3 Å². The van der Waals surface area contributed by atoms with Crippen molar-refractivity contribution in [2.45, 2.75) is 25.2 Å². The zero-order valence-electron chi connectivity index (χ0n) is 16.9. The number of hydrogen-bond acceptors (Lipinski definition) is 7. The molecule has 1 aliphatic rings. The van der Waals surface area contributed by atoms with Gasteiger partial charge >= 0.3 is 12.1 Å². The molecule has 2 aromatic heterocycles. The molecule has 0 saturated heterocycles. The first-order valence-corrected chi connectivity index (χ1v) is 9.05. The number of nitrogens with zero attached hydrogens (tertiary/aromatic N) is 5. The van der Waals surface area contributed by atoms with Crippen LogP contribution in [0.4, 0.5) is 13.2 Å². The number of halogens is 3. The quantitative estimate of drug-likeness (QED) is 0.703. The molecule has 0 aromatic carbocycles. The van der Waals surface area contributed by atoms with Crippen LogP contribution in [0.2, 0.25) is 0 Å². The minimum atomic E-state index is -5.08. The lowest BCUT2D eigenvalue weighted by Gasteiger charge is -2.32. The highest BCUT2D eigenvalue weighted by Gasteiger charge is 2.38. The van der Waals surface area contributed by atoms with E-state index in [2.05, 4.69) is 15.3 Å². The molecule has 0 spiro atoms. The number of ether oxygens (including phenoxy) is 2. The van der Waals surface area contributed by atoms with Gasteiger partial charge in [-0.05, 0) is 11.6 Å². The summed E-state index contributed by atoms with van der Waals surface area (Å²) < 4.78 is 44.3. The average Bonchev–Trinajstić information content (AvgIpc) is 3.10. The number of carboxylic acid groups (broad SMARTS) is 1. The SMILES string of the molecule is COCC(=O)N1Cc2nnn(C)c2C(COCc2cccnc2)C1.O=C(O)C(F)(F)F. The lowest BCUT2D eigenvalue weighted by Crippen LogP contribution is -2.41. The van der Waals surface area contributed by atoms with Crippen LogP contribution in [0.1, 0.15) is 22.9 Å². The third-order valence-electron chi connectivity index (χ3n) is 4.29. The van der Waals surface area contributed by atoms with E-state index in [4.69, 9.17) is 19.4 Å². The number of carbonyl (C=O) groups excluding carboxylic acids is 1. The zero-order valence-corrected chi connectivity index (χ0v) is 16.9. The fourth-order valence-electron chi connectivity index (χ4n) is 2.96. The van der Waals surface area contributed by atoms with E-state index in [9.17, 15) is 18.0 Å². The number of aromatic nitrogens is 4. The first-order chi connectivity index (χ1) is 14.6. The van der Waals surface area contributed by atoms with E-state index in [1.807, 2.05) is 19.2 Å². The predicted molar refractivity (Wildman–Crippen MR) is 98.6 cm³/mol. The molecule has 1 amide bonds. The molecule has 170 valence electrons. The summed E-state index contributed by atoms with van der Waals surface area (Å²) >= 11 is 0. The Bertz CT molecular complexity index is 875. The van der Waals surface area contributed by atoms with Gasteiger partial charge in [-0.15, -0.1) is 5.10 Å². The monoisotopic (exact) mass is 445 g/mol. The van der Waals surface area contributed by atoms with Gasteiger partial charge in [0, 0.05) is 39.0 Å². The minimum Gasteiger partial charge on any atom is -0.475 e. The Balaban J connectivity index is 0.000000423. The molecule has 31 heavy (non-hydrogen) atoms. The van der Waals surface area contributed by atoms with E-state index in [-0.39, 0.29) is 18.4 Å². The number of amides is 1. The van der Waals surface area contributed by atoms with Crippen LogP contribution in [0.25, 0.3) is 0 Å². The Morgan fingerprint density at radius 3 is 2.65 bits per heavy atom. The fraction of sp³-hybridized carbons (Fsp3) is 0.500. The largest absolute Gasteiger partial charge is 0.490 e. The maximum Gasteiger partial charge on any atom is 0.490 e. The second kappa shape index (κ2) is 10.8. The third-order valence-corrected chi connectivity index (χ3v) is 4.29. The second-order valence-corrected chi connectivity index (χ2v) is 6.63. The lowest BCUT2D eigenvalue weighted by atomic mass is 9.99. The van der Waals surface area contributed by atoms with E-state index >= 15 is 0 Å². The molecule has 1 atom stereocenters. The summed E-state index contributed by atoms with van der Waals surface area (Å²) in [6.07, 6.45) is -1.57. The molecule has 13 heteroatoms. The number of aryl methyl sites for hydroxylation is 1. The number of rotatable bonds is 6. The molecule has 0 aliphatic carbocycles. The van der Waals surface area contributed by atoms with Crippen molar-refractivity contribution in [1.29, 1.82) is 0 Å². The molecular weight excluding hydrogens is 423 g/mol. The van der Waals surface area contributed by atoms with Gasteiger partial charge in [0.1, 0.15) is 12.3 Å². The highest BCUT2D eigenvalue weighted by molar-refractivity contribution is 5.77. The van der Waals surface area contributed by atoms with E-state index in [1.54, 1.807) is 22.0 Å². The van der Waals surface area contributed by atoms with Crippen LogP contribution >= 0.6 is 0 Å². The lowest BCUT2D eigenvalue weighted by molar-refractivity contribution is -0.192. The molecule has 0 fully saturated rings. The van der Waals surface area contributed by atoms with Crippen molar-refractivity contribution in [3.05, 3.63) is 41.5 Å². The molecule has 0 radical (unpaired) electrons. The van der Waals surface area contributed by atoms with Gasteiger partial charge in [0.15, 0.2) is 0 Å². The summed E-state index contributed by atoms with van der Waals surface area (Å²) in [5.41, 5.74) is 2.87. The highest BCUT2D eigenvalue weighted by atomic mass is 19.4. The first kappa shape index (κ1) is 24.2. The van der Waals surface area contributed by atoms with Crippen LogP contribution in [-0.2, 0) is 39.3 Å². The summed E-state index contributed by atoms with van der Waals surface area (Å²) in [6, 6.07) is 3.85. The van der Waals surface area contributed by atoms with Crippen molar-refractivity contribution in [1.82, 2.24) is 24.9 Å². The van der Waals surface area contributed by atoms with E-state index in [0.717, 1.165) is 17.0 Å². The number of hydrogen-bond donors (Lipinski definition) is 1. The van der Waals surface area contributed by atoms with Gasteiger partial charge in [-0.2, -0.15) is 13.2 Å². The molecule has 2 aromatic rings. The van der Waals surface area contributed by atoms with Crippen LogP contribution < -0.4 is 0 Å². The van der Waals surface area contributed by atoms with Gasteiger partial charge in [-0.1, -0.05) is 11.3 Å². The Labute approximate surface area is 175 Å². The van der Waals surface area contributed by atoms with Gasteiger partial charge in [-0.3, -0.25) is 14.5 Å². The van der Waals surface area contributed by atoms with Crippen LogP contribution in [0.5, 0.6) is 0 Å². The Morgan fingerprint density at radius 2 is 2.06 bits per heavy atom. The van der Waals surface area contributed by atoms with E-state index < -0.39 is 12.1 Å². The number of carboxylic acids is 1. The molecule has 0 bridgehead atoms. The van der Waals surface area contributed by atoms with E-state index in [0.29, 0.717) is 26.3 Å². The van der Waals surface area contributed by atoms with Crippen LogP contribution in [0.3, 0.4) is 0 Å². The Kier molecular flexibility index (Phi) is 8.45. The van der Waals surface area contributed by atoms with Crippen molar-refractivity contribution in [3.8, 4) is 0 Å². The topological polar surface area (TPSA) is 120 Å². The molecule has 1 N–H and O–H groups in total. The smallest absolute Gasteiger partial charge is 0.475 e. The summed E-state index contributed by atoms with van der Waals surface area (Å²) in [6.45, 7) is 2.07. The van der Waals surface area contributed by atoms with Crippen molar-refractivity contribution in [3.63, 3.8) is 0 Å². The normalized spacial score (nSPS) is 15.6. The molecule has 3 rings (SSSR count). The van der Waals surface area contributed by atoms with Gasteiger partial charge in [0.05, 0.1) is 25.5 Å². The van der Waals surface area contributed by atoms with E-state index in [1.165, 1.54) is 7.11 Å². The molecule has 10 nitrogen and oxygen atoms in total. The standard InChI is InChI=1S/C16H21N5O3.C2HF3O2/c1-20-16-13(10-24-9-12-4-3-5-17-6-12)7-21(15(22)11-23-2)8-14(16)18-19-20;3-2(4,5)1(6)7/h3-6,13H,7-11H2,1-2H3;(H,6,7). The fourth-order valence-corrected chi connectivity index (χ4v) is 2.96. The Hall–Kier alpha value is -3.06. The van der Waals surface area contributed by atoms with Crippen molar-refractivity contribution in [2.75, 3.05) is 26.9 Å². The summed E-state index contributed by atoms with van der Waals surface area (Å²) in [7, 11) is 3.39. The number of methoxy groups -OCH3 is 1. The second-order valence-electron chi connectivity index (χ2n) is 6.63. The van der Waals surface area contributed by atoms with Crippen LogP contribution in [0.15, 0.2) is 24.5 Å². The number of pyridine rings is 1. The summed E-state index contributed by atoms with van der Waals surface area (Å²) in [5.74, 6) is -2.77. The highest BCUT2D eigenvalue weighted by Crippen LogP contribution is 2.27. The number of carbonyl (C=O) groups is 2. The Morgan fingerprint density at radius 1 is 1.35 bits per heavy atom. The molecule has 1 unspecified atom stereocenters. The summed E-state index contributed by atoms with van der Waals surface area (Å²) in [4.78, 5) is 26.9. The molecule has 3 heterocycles. The van der Waals surface area contributed by atoms with Gasteiger partial charge in [0.2, 0.25) is 5.91 Å².